The Morgan fingerprint density at radius 1 is 1.08 bits per heavy atom. The standard InChI is InChI=1S/C31H36ClNO5/c1-6-14-37-26-13-10-21(17-27(26)36-5)29-28(31(35)38-18(3)7-2)19(4)33-24-15-22(16-25(34)30(24)29)20-8-11-23(32)12-9-20/h8-13,17-18,22,29,33H,6-7,14-16H2,1-5H3. The number of hydrogen-bond acceptors (Lipinski definition) is 6. The lowest BCUT2D eigenvalue weighted by Gasteiger charge is -2.37. The van der Waals surface area contributed by atoms with Crippen LogP contribution in [-0.2, 0) is 14.3 Å². The maximum atomic E-state index is 13.8. The molecule has 3 atom stereocenters. The lowest BCUT2D eigenvalue weighted by Crippen LogP contribution is -2.36. The highest BCUT2D eigenvalue weighted by atomic mass is 35.5. The second-order valence-corrected chi connectivity index (χ2v) is 10.4. The lowest BCUT2D eigenvalue weighted by molar-refractivity contribution is -0.144. The predicted octanol–water partition coefficient (Wildman–Crippen LogP) is 6.84. The predicted molar refractivity (Wildman–Crippen MR) is 149 cm³/mol. The van der Waals surface area contributed by atoms with Crippen molar-refractivity contribution in [2.45, 2.75) is 71.3 Å². The monoisotopic (exact) mass is 537 g/mol. The van der Waals surface area contributed by atoms with Gasteiger partial charge in [0.25, 0.3) is 0 Å². The summed E-state index contributed by atoms with van der Waals surface area (Å²) in [5.74, 6) is 0.229. The second-order valence-electron chi connectivity index (χ2n) is 9.95. The van der Waals surface area contributed by atoms with E-state index < -0.39 is 11.9 Å². The Morgan fingerprint density at radius 2 is 1.79 bits per heavy atom. The third kappa shape index (κ3) is 5.75. The Hall–Kier alpha value is -3.25. The molecule has 3 unspecified atom stereocenters. The highest BCUT2D eigenvalue weighted by molar-refractivity contribution is 6.30. The van der Waals surface area contributed by atoms with Gasteiger partial charge in [-0.2, -0.15) is 0 Å². The summed E-state index contributed by atoms with van der Waals surface area (Å²) in [6, 6.07) is 13.3. The fraction of sp³-hybridized carbons (Fsp3) is 0.419. The van der Waals surface area contributed by atoms with Crippen LogP contribution in [-0.4, -0.2) is 31.6 Å². The van der Waals surface area contributed by atoms with Gasteiger partial charge in [-0.05, 0) is 74.4 Å². The van der Waals surface area contributed by atoms with Gasteiger partial charge in [-0.3, -0.25) is 4.79 Å². The number of methoxy groups -OCH3 is 1. The van der Waals surface area contributed by atoms with E-state index in [1.807, 2.05) is 70.2 Å². The quantitative estimate of drug-likeness (QED) is 0.353. The minimum absolute atomic E-state index is 0.00955. The van der Waals surface area contributed by atoms with Crippen LogP contribution in [0.2, 0.25) is 5.02 Å². The Kier molecular flexibility index (Phi) is 8.83. The number of nitrogens with one attached hydrogen (secondary N) is 1. The normalized spacial score (nSPS) is 20.0. The maximum Gasteiger partial charge on any atom is 0.337 e. The van der Waals surface area contributed by atoms with E-state index in [9.17, 15) is 9.59 Å². The number of allylic oxidation sites excluding steroid dienone is 3. The van der Waals surface area contributed by atoms with E-state index in [0.717, 1.165) is 23.2 Å². The Bertz CT molecular complexity index is 1260. The Morgan fingerprint density at radius 3 is 2.45 bits per heavy atom. The largest absolute Gasteiger partial charge is 0.493 e. The molecule has 1 heterocycles. The molecule has 0 radical (unpaired) electrons. The van der Waals surface area contributed by atoms with Crippen LogP contribution in [0.25, 0.3) is 0 Å². The molecule has 0 bridgehead atoms. The van der Waals surface area contributed by atoms with Crippen molar-refractivity contribution in [3.63, 3.8) is 0 Å². The minimum atomic E-state index is -0.574. The van der Waals surface area contributed by atoms with Gasteiger partial charge in [0.2, 0.25) is 0 Å². The van der Waals surface area contributed by atoms with Crippen molar-refractivity contribution in [2.24, 2.45) is 0 Å². The van der Waals surface area contributed by atoms with Gasteiger partial charge in [-0.25, -0.2) is 4.79 Å². The van der Waals surface area contributed by atoms with Crippen LogP contribution in [0.1, 0.15) is 76.3 Å². The molecule has 1 N–H and O–H groups in total. The molecular formula is C31H36ClNO5. The van der Waals surface area contributed by atoms with Gasteiger partial charge in [0.15, 0.2) is 17.3 Å². The van der Waals surface area contributed by atoms with Crippen molar-refractivity contribution >= 4 is 23.4 Å². The summed E-state index contributed by atoms with van der Waals surface area (Å²) in [4.78, 5) is 27.3. The average molecular weight is 538 g/mol. The number of esters is 1. The van der Waals surface area contributed by atoms with Gasteiger partial charge in [0.1, 0.15) is 0 Å². The van der Waals surface area contributed by atoms with Gasteiger partial charge in [-0.15, -0.1) is 0 Å². The number of dihydropyridines is 1. The molecule has 38 heavy (non-hydrogen) atoms. The Labute approximate surface area is 230 Å². The van der Waals surface area contributed by atoms with Crippen molar-refractivity contribution in [3.8, 4) is 11.5 Å². The molecule has 0 saturated heterocycles. The van der Waals surface area contributed by atoms with E-state index in [1.54, 1.807) is 7.11 Å². The second kappa shape index (κ2) is 12.1. The summed E-state index contributed by atoms with van der Waals surface area (Å²) in [5, 5.41) is 4.07. The van der Waals surface area contributed by atoms with Crippen LogP contribution in [0.5, 0.6) is 11.5 Å². The molecule has 202 valence electrons. The first-order valence-electron chi connectivity index (χ1n) is 13.3. The number of hydrogen-bond donors (Lipinski definition) is 1. The first-order valence-corrected chi connectivity index (χ1v) is 13.7. The van der Waals surface area contributed by atoms with E-state index in [4.69, 9.17) is 25.8 Å². The number of halogens is 1. The van der Waals surface area contributed by atoms with E-state index in [1.165, 1.54) is 0 Å². The summed E-state index contributed by atoms with van der Waals surface area (Å²) >= 11 is 6.09. The molecule has 0 saturated carbocycles. The van der Waals surface area contributed by atoms with E-state index in [2.05, 4.69) is 5.32 Å². The van der Waals surface area contributed by atoms with Gasteiger partial charge >= 0.3 is 5.97 Å². The van der Waals surface area contributed by atoms with Gasteiger partial charge in [0, 0.05) is 34.3 Å². The average Bonchev–Trinajstić information content (AvgIpc) is 2.91. The molecule has 0 fully saturated rings. The zero-order chi connectivity index (χ0) is 27.4. The van der Waals surface area contributed by atoms with Crippen LogP contribution in [0, 0.1) is 0 Å². The summed E-state index contributed by atoms with van der Waals surface area (Å²) < 4.78 is 17.3. The lowest BCUT2D eigenvalue weighted by atomic mass is 9.71. The van der Waals surface area contributed by atoms with Crippen molar-refractivity contribution in [3.05, 3.63) is 81.2 Å². The molecule has 2 aromatic carbocycles. The van der Waals surface area contributed by atoms with Gasteiger partial charge in [-0.1, -0.05) is 43.6 Å². The van der Waals surface area contributed by atoms with Crippen LogP contribution in [0.15, 0.2) is 65.0 Å². The first-order chi connectivity index (χ1) is 18.3. The first kappa shape index (κ1) is 27.8. The number of ketones is 1. The molecule has 0 aromatic heterocycles. The molecule has 2 aliphatic rings. The number of carbonyl (C=O) groups is 2. The minimum Gasteiger partial charge on any atom is -0.493 e. The number of ether oxygens (including phenoxy) is 3. The maximum absolute atomic E-state index is 13.8. The molecule has 4 rings (SSSR count). The van der Waals surface area contributed by atoms with Gasteiger partial charge < -0.3 is 19.5 Å². The molecule has 0 amide bonds. The highest BCUT2D eigenvalue weighted by Crippen LogP contribution is 2.47. The third-order valence-electron chi connectivity index (χ3n) is 7.25. The van der Waals surface area contributed by atoms with Gasteiger partial charge in [0.05, 0.1) is 25.4 Å². The molecule has 6 nitrogen and oxygen atoms in total. The number of Topliss-reactive ketones (excluding diaryl/α,β-unsaturated/α-hetero) is 1. The summed E-state index contributed by atoms with van der Waals surface area (Å²) in [5.41, 5.74) is 4.45. The molecule has 1 aliphatic heterocycles. The summed E-state index contributed by atoms with van der Waals surface area (Å²) in [6.45, 7) is 8.32. The molecule has 1 aliphatic carbocycles. The zero-order valence-corrected chi connectivity index (χ0v) is 23.5. The SMILES string of the molecule is CCCOc1ccc(C2C(C(=O)OC(C)CC)=C(C)NC3=C2C(=O)CC(c2ccc(Cl)cc2)C3)cc1OC. The van der Waals surface area contributed by atoms with Crippen molar-refractivity contribution < 1.29 is 23.8 Å². The van der Waals surface area contributed by atoms with Crippen LogP contribution >= 0.6 is 11.6 Å². The smallest absolute Gasteiger partial charge is 0.337 e. The molecule has 0 spiro atoms. The van der Waals surface area contributed by atoms with Crippen molar-refractivity contribution in [1.29, 1.82) is 0 Å². The number of rotatable bonds is 9. The fourth-order valence-corrected chi connectivity index (χ4v) is 5.26. The van der Waals surface area contributed by atoms with Crippen LogP contribution < -0.4 is 14.8 Å². The van der Waals surface area contributed by atoms with Crippen LogP contribution in [0.3, 0.4) is 0 Å². The molecule has 7 heteroatoms. The van der Waals surface area contributed by atoms with Crippen molar-refractivity contribution in [2.75, 3.05) is 13.7 Å². The molecule has 2 aromatic rings. The number of carbonyl (C=O) groups excluding carboxylic acids is 2. The van der Waals surface area contributed by atoms with E-state index >= 15 is 0 Å². The molecular weight excluding hydrogens is 502 g/mol. The fourth-order valence-electron chi connectivity index (χ4n) is 5.14. The summed E-state index contributed by atoms with van der Waals surface area (Å²) in [7, 11) is 1.59. The third-order valence-corrected chi connectivity index (χ3v) is 7.51. The van der Waals surface area contributed by atoms with Crippen molar-refractivity contribution in [1.82, 2.24) is 5.32 Å². The summed E-state index contributed by atoms with van der Waals surface area (Å²) in [6.07, 6.45) is 2.32. The topological polar surface area (TPSA) is 73.9 Å². The van der Waals surface area contributed by atoms with E-state index in [-0.39, 0.29) is 17.8 Å². The van der Waals surface area contributed by atoms with E-state index in [0.29, 0.717) is 59.2 Å². The Balaban J connectivity index is 1.79. The highest BCUT2D eigenvalue weighted by Gasteiger charge is 2.42. The number of benzene rings is 2. The zero-order valence-electron chi connectivity index (χ0n) is 22.7. The van der Waals surface area contributed by atoms with Crippen LogP contribution in [0.4, 0.5) is 0 Å².